The molecule has 0 aliphatic rings. The predicted molar refractivity (Wildman–Crippen MR) is 78.6 cm³/mol. The Morgan fingerprint density at radius 2 is 1.90 bits per heavy atom. The minimum absolute atomic E-state index is 0.230. The highest BCUT2D eigenvalue weighted by Crippen LogP contribution is 2.13. The van der Waals surface area contributed by atoms with Gasteiger partial charge >= 0.3 is 0 Å². The number of nitrogens with two attached hydrogens (primary N) is 1. The van der Waals surface area contributed by atoms with Crippen molar-refractivity contribution in [1.82, 2.24) is 0 Å². The van der Waals surface area contributed by atoms with Gasteiger partial charge in [0.1, 0.15) is 12.4 Å². The van der Waals surface area contributed by atoms with Crippen LogP contribution in [0.2, 0.25) is 0 Å². The van der Waals surface area contributed by atoms with Crippen LogP contribution in [0.1, 0.15) is 15.9 Å². The van der Waals surface area contributed by atoms with E-state index < -0.39 is 0 Å². The molecular weight excluding hydrogens is 250 g/mol. The highest BCUT2D eigenvalue weighted by molar-refractivity contribution is 6.09. The molecule has 0 amide bonds. The van der Waals surface area contributed by atoms with E-state index in [2.05, 4.69) is 11.8 Å². The molecule has 0 fully saturated rings. The summed E-state index contributed by atoms with van der Waals surface area (Å²) in [5.74, 6) is 5.87. The Bertz CT molecular complexity index is 639. The van der Waals surface area contributed by atoms with Crippen LogP contribution in [-0.2, 0) is 0 Å². The van der Waals surface area contributed by atoms with Gasteiger partial charge < -0.3 is 10.5 Å². The Labute approximate surface area is 118 Å². The quantitative estimate of drug-likeness (QED) is 0.681. The van der Waals surface area contributed by atoms with Crippen molar-refractivity contribution in [2.75, 3.05) is 13.2 Å². The number of hydrogen-bond donors (Lipinski definition) is 1. The average molecular weight is 265 g/mol. The SMILES string of the molecule is NCCOc1cccc(C(=O)C#Cc2ccccc2)c1. The van der Waals surface area contributed by atoms with Crippen molar-refractivity contribution in [2.24, 2.45) is 5.73 Å². The van der Waals surface area contributed by atoms with E-state index in [9.17, 15) is 4.79 Å². The van der Waals surface area contributed by atoms with E-state index in [-0.39, 0.29) is 5.78 Å². The van der Waals surface area contributed by atoms with Gasteiger partial charge in [0, 0.05) is 17.7 Å². The van der Waals surface area contributed by atoms with Gasteiger partial charge in [-0.15, -0.1) is 0 Å². The summed E-state index contributed by atoms with van der Waals surface area (Å²) in [5, 5.41) is 0. The van der Waals surface area contributed by atoms with Crippen molar-refractivity contribution >= 4 is 5.78 Å². The van der Waals surface area contributed by atoms with Crippen LogP contribution in [0.3, 0.4) is 0 Å². The van der Waals surface area contributed by atoms with Crippen molar-refractivity contribution < 1.29 is 9.53 Å². The Balaban J connectivity index is 2.12. The van der Waals surface area contributed by atoms with E-state index in [1.807, 2.05) is 30.3 Å². The summed E-state index contributed by atoms with van der Waals surface area (Å²) in [6, 6.07) is 16.4. The Hall–Kier alpha value is -2.57. The summed E-state index contributed by atoms with van der Waals surface area (Å²) >= 11 is 0. The fraction of sp³-hybridized carbons (Fsp3) is 0.118. The first-order valence-electron chi connectivity index (χ1n) is 6.34. The Morgan fingerprint density at radius 1 is 1.10 bits per heavy atom. The van der Waals surface area contributed by atoms with Crippen LogP contribution < -0.4 is 10.5 Å². The zero-order valence-corrected chi connectivity index (χ0v) is 11.0. The standard InChI is InChI=1S/C17H15NO2/c18-11-12-20-16-8-4-7-15(13-16)17(19)10-9-14-5-2-1-3-6-14/h1-8,13H,11-12,18H2. The first-order chi connectivity index (χ1) is 9.79. The first kappa shape index (κ1) is 13.9. The summed E-state index contributed by atoms with van der Waals surface area (Å²) in [4.78, 5) is 12.0. The summed E-state index contributed by atoms with van der Waals surface area (Å²) in [6.07, 6.45) is 0. The molecule has 0 aliphatic carbocycles. The molecule has 2 aromatic rings. The Kier molecular flexibility index (Phi) is 4.94. The van der Waals surface area contributed by atoms with Gasteiger partial charge in [0.25, 0.3) is 0 Å². The molecule has 0 heterocycles. The van der Waals surface area contributed by atoms with Crippen LogP contribution in [0.5, 0.6) is 5.75 Å². The molecule has 2 N–H and O–H groups in total. The predicted octanol–water partition coefficient (Wildman–Crippen LogP) is 2.26. The van der Waals surface area contributed by atoms with Gasteiger partial charge in [-0.05, 0) is 30.2 Å². The molecule has 2 rings (SSSR count). The van der Waals surface area contributed by atoms with Crippen LogP contribution in [0, 0.1) is 11.8 Å². The topological polar surface area (TPSA) is 52.3 Å². The smallest absolute Gasteiger partial charge is 0.236 e. The molecular formula is C17H15NO2. The van der Waals surface area contributed by atoms with Crippen molar-refractivity contribution in [3.05, 3.63) is 65.7 Å². The molecule has 0 atom stereocenters. The second-order valence-electron chi connectivity index (χ2n) is 4.11. The molecule has 0 aliphatic heterocycles. The lowest BCUT2D eigenvalue weighted by Crippen LogP contribution is -2.10. The zero-order chi connectivity index (χ0) is 14.2. The number of Topliss-reactive ketones (excluding diaryl/α,β-unsaturated/α-hetero) is 1. The summed E-state index contributed by atoms with van der Waals surface area (Å²) in [5.41, 5.74) is 6.70. The van der Waals surface area contributed by atoms with Gasteiger partial charge in [-0.2, -0.15) is 0 Å². The highest BCUT2D eigenvalue weighted by Gasteiger charge is 2.03. The third-order valence-electron chi connectivity index (χ3n) is 2.58. The minimum atomic E-state index is -0.230. The number of rotatable bonds is 4. The molecule has 2 aromatic carbocycles. The third-order valence-corrected chi connectivity index (χ3v) is 2.58. The highest BCUT2D eigenvalue weighted by atomic mass is 16.5. The van der Waals surface area contributed by atoms with E-state index in [0.717, 1.165) is 5.56 Å². The summed E-state index contributed by atoms with van der Waals surface area (Å²) in [6.45, 7) is 0.860. The van der Waals surface area contributed by atoms with Crippen LogP contribution in [0.25, 0.3) is 0 Å². The lowest BCUT2D eigenvalue weighted by atomic mass is 10.1. The maximum Gasteiger partial charge on any atom is 0.236 e. The molecule has 20 heavy (non-hydrogen) atoms. The molecule has 0 radical (unpaired) electrons. The van der Waals surface area contributed by atoms with Gasteiger partial charge in [-0.25, -0.2) is 0 Å². The lowest BCUT2D eigenvalue weighted by molar-refractivity contribution is 0.105. The van der Waals surface area contributed by atoms with Crippen molar-refractivity contribution in [3.8, 4) is 17.6 Å². The first-order valence-corrected chi connectivity index (χ1v) is 6.34. The fourth-order valence-corrected chi connectivity index (χ4v) is 1.63. The number of ketones is 1. The van der Waals surface area contributed by atoms with E-state index in [0.29, 0.717) is 24.5 Å². The summed E-state index contributed by atoms with van der Waals surface area (Å²) in [7, 11) is 0. The summed E-state index contributed by atoms with van der Waals surface area (Å²) < 4.78 is 5.38. The molecule has 0 spiro atoms. The third kappa shape index (κ3) is 3.98. The molecule has 0 bridgehead atoms. The van der Waals surface area contributed by atoms with Crippen LogP contribution in [0.15, 0.2) is 54.6 Å². The maximum absolute atomic E-state index is 12.0. The normalized spacial score (nSPS) is 9.45. The largest absolute Gasteiger partial charge is 0.492 e. The molecule has 0 saturated carbocycles. The van der Waals surface area contributed by atoms with E-state index in [1.54, 1.807) is 24.3 Å². The Morgan fingerprint density at radius 3 is 2.65 bits per heavy atom. The number of carbonyl (C=O) groups is 1. The molecule has 0 saturated heterocycles. The fourth-order valence-electron chi connectivity index (χ4n) is 1.63. The minimum Gasteiger partial charge on any atom is -0.492 e. The van der Waals surface area contributed by atoms with Crippen molar-refractivity contribution in [2.45, 2.75) is 0 Å². The number of benzene rings is 2. The van der Waals surface area contributed by atoms with Gasteiger partial charge in [-0.1, -0.05) is 36.3 Å². The van der Waals surface area contributed by atoms with Crippen molar-refractivity contribution in [1.29, 1.82) is 0 Å². The van der Waals surface area contributed by atoms with E-state index >= 15 is 0 Å². The molecule has 3 heteroatoms. The van der Waals surface area contributed by atoms with E-state index in [1.165, 1.54) is 0 Å². The second kappa shape index (κ2) is 7.13. The van der Waals surface area contributed by atoms with E-state index in [4.69, 9.17) is 10.5 Å². The van der Waals surface area contributed by atoms with Crippen LogP contribution in [-0.4, -0.2) is 18.9 Å². The average Bonchev–Trinajstić information content (AvgIpc) is 2.52. The molecule has 0 aromatic heterocycles. The van der Waals surface area contributed by atoms with Gasteiger partial charge in [0.05, 0.1) is 0 Å². The van der Waals surface area contributed by atoms with Crippen LogP contribution in [0.4, 0.5) is 0 Å². The van der Waals surface area contributed by atoms with Crippen LogP contribution >= 0.6 is 0 Å². The molecule has 0 unspecified atom stereocenters. The monoisotopic (exact) mass is 265 g/mol. The van der Waals surface area contributed by atoms with Gasteiger partial charge in [0.15, 0.2) is 0 Å². The molecule has 100 valence electrons. The van der Waals surface area contributed by atoms with Crippen molar-refractivity contribution in [3.63, 3.8) is 0 Å². The second-order valence-corrected chi connectivity index (χ2v) is 4.11. The number of carbonyl (C=O) groups excluding carboxylic acids is 1. The van der Waals surface area contributed by atoms with Gasteiger partial charge in [0.2, 0.25) is 5.78 Å². The zero-order valence-electron chi connectivity index (χ0n) is 11.0. The molecule has 3 nitrogen and oxygen atoms in total. The van der Waals surface area contributed by atoms with Gasteiger partial charge in [-0.3, -0.25) is 4.79 Å². The number of hydrogen-bond acceptors (Lipinski definition) is 3. The number of ether oxygens (including phenoxy) is 1. The lowest BCUT2D eigenvalue weighted by Gasteiger charge is -2.04. The maximum atomic E-state index is 12.0.